The number of nitrogens with two attached hydrogens (primary N) is 2. The van der Waals surface area contributed by atoms with Crippen LogP contribution in [0.3, 0.4) is 0 Å². The number of primary amides is 1. The van der Waals surface area contributed by atoms with Crippen LogP contribution >= 0.6 is 0 Å². The molecular weight excluding hydrogens is 470 g/mol. The molecule has 13 nitrogen and oxygen atoms in total. The Labute approximate surface area is 207 Å². The number of nitrogens with zero attached hydrogens (tertiary/aromatic N) is 1. The summed E-state index contributed by atoms with van der Waals surface area (Å²) >= 11 is 0. The Morgan fingerprint density at radius 2 is 1.56 bits per heavy atom. The van der Waals surface area contributed by atoms with Gasteiger partial charge in [0.1, 0.15) is 18.1 Å². The van der Waals surface area contributed by atoms with Gasteiger partial charge in [0.2, 0.25) is 23.6 Å². The van der Waals surface area contributed by atoms with Crippen LogP contribution in [0.25, 0.3) is 0 Å². The molecule has 1 heterocycles. The summed E-state index contributed by atoms with van der Waals surface area (Å²) in [6.07, 6.45) is 2.50. The lowest BCUT2D eigenvalue weighted by atomic mass is 10.0. The highest BCUT2D eigenvalue weighted by atomic mass is 16.4. The summed E-state index contributed by atoms with van der Waals surface area (Å²) < 4.78 is 0. The molecule has 9 N–H and O–H groups in total. The van der Waals surface area contributed by atoms with Crippen LogP contribution in [0.2, 0.25) is 0 Å². The van der Waals surface area contributed by atoms with Crippen molar-refractivity contribution in [2.24, 2.45) is 11.5 Å². The Kier molecular flexibility index (Phi) is 10.6. The number of carboxylic acids is 1. The number of rotatable bonds is 14. The lowest BCUT2D eigenvalue weighted by molar-refractivity contribution is -0.142. The van der Waals surface area contributed by atoms with Crippen molar-refractivity contribution in [2.75, 3.05) is 0 Å². The summed E-state index contributed by atoms with van der Waals surface area (Å²) in [5.74, 6) is -4.07. The Morgan fingerprint density at radius 1 is 0.944 bits per heavy atom. The quantitative estimate of drug-likeness (QED) is 0.158. The second-order valence-corrected chi connectivity index (χ2v) is 8.29. The van der Waals surface area contributed by atoms with Crippen molar-refractivity contribution >= 4 is 29.6 Å². The van der Waals surface area contributed by atoms with Gasteiger partial charge in [-0.05, 0) is 18.9 Å². The van der Waals surface area contributed by atoms with Gasteiger partial charge < -0.3 is 37.5 Å². The number of aromatic nitrogens is 2. The fourth-order valence-corrected chi connectivity index (χ4v) is 3.28. The van der Waals surface area contributed by atoms with E-state index in [1.165, 1.54) is 19.4 Å². The summed E-state index contributed by atoms with van der Waals surface area (Å²) in [4.78, 5) is 68.0. The van der Waals surface area contributed by atoms with Gasteiger partial charge in [0.05, 0.1) is 12.4 Å². The van der Waals surface area contributed by atoms with Crippen LogP contribution in [-0.2, 0) is 36.8 Å². The molecule has 0 radical (unpaired) electrons. The van der Waals surface area contributed by atoms with Crippen LogP contribution in [-0.4, -0.2) is 68.8 Å². The third-order valence-corrected chi connectivity index (χ3v) is 5.24. The fraction of sp³-hybridized carbons (Fsp3) is 0.391. The van der Waals surface area contributed by atoms with Gasteiger partial charge in [0, 0.05) is 31.2 Å². The van der Waals surface area contributed by atoms with Crippen molar-refractivity contribution in [3.8, 4) is 0 Å². The number of hydrogen-bond donors (Lipinski definition) is 7. The zero-order valence-electron chi connectivity index (χ0n) is 19.8. The molecule has 1 aromatic carbocycles. The van der Waals surface area contributed by atoms with E-state index in [2.05, 4.69) is 25.9 Å². The largest absolute Gasteiger partial charge is 0.480 e. The van der Waals surface area contributed by atoms with Crippen molar-refractivity contribution in [3.63, 3.8) is 0 Å². The molecular formula is C23H31N7O6. The van der Waals surface area contributed by atoms with Crippen LogP contribution in [0.15, 0.2) is 42.9 Å². The molecule has 0 saturated carbocycles. The second kappa shape index (κ2) is 13.6. The van der Waals surface area contributed by atoms with Crippen LogP contribution in [0.1, 0.15) is 31.0 Å². The van der Waals surface area contributed by atoms with E-state index in [-0.39, 0.29) is 25.7 Å². The van der Waals surface area contributed by atoms with Crippen LogP contribution in [0.5, 0.6) is 0 Å². The van der Waals surface area contributed by atoms with Crippen LogP contribution in [0, 0.1) is 0 Å². The predicted octanol–water partition coefficient (Wildman–Crippen LogP) is -1.65. The van der Waals surface area contributed by atoms with Gasteiger partial charge in [-0.1, -0.05) is 30.3 Å². The molecule has 13 heteroatoms. The standard InChI is InChI=1S/C23H31N7O6/c1-13(24)20(32)28-16(7-8-19(25)31)21(33)29-17(9-14-5-3-2-4-6-14)22(34)30-18(23(35)36)10-15-11-26-12-27-15/h2-6,11-13,16-18H,7-10,24H2,1H3,(H2,25,31)(H,26,27)(H,28,32)(H,29,33)(H,30,34)(H,35,36). The van der Waals surface area contributed by atoms with Crippen molar-refractivity contribution in [1.82, 2.24) is 25.9 Å². The number of carbonyl (C=O) groups is 5. The van der Waals surface area contributed by atoms with E-state index in [9.17, 15) is 29.1 Å². The number of H-pyrrole nitrogens is 1. The molecule has 36 heavy (non-hydrogen) atoms. The summed E-state index contributed by atoms with van der Waals surface area (Å²) in [5, 5.41) is 17.1. The zero-order valence-corrected chi connectivity index (χ0v) is 19.8. The van der Waals surface area contributed by atoms with Gasteiger partial charge in [-0.25, -0.2) is 9.78 Å². The lowest BCUT2D eigenvalue weighted by Crippen LogP contribution is -2.57. The number of benzene rings is 1. The Morgan fingerprint density at radius 3 is 2.11 bits per heavy atom. The minimum atomic E-state index is -1.29. The lowest BCUT2D eigenvalue weighted by Gasteiger charge is -2.25. The normalized spacial score (nSPS) is 14.1. The van der Waals surface area contributed by atoms with Crippen molar-refractivity contribution < 1.29 is 29.1 Å². The first-order valence-electron chi connectivity index (χ1n) is 11.3. The first-order chi connectivity index (χ1) is 17.1. The highest BCUT2D eigenvalue weighted by molar-refractivity contribution is 5.94. The van der Waals surface area contributed by atoms with E-state index >= 15 is 0 Å². The fourth-order valence-electron chi connectivity index (χ4n) is 3.28. The minimum Gasteiger partial charge on any atom is -0.480 e. The van der Waals surface area contributed by atoms with Gasteiger partial charge in [-0.3, -0.25) is 19.2 Å². The Bertz CT molecular complexity index is 1040. The second-order valence-electron chi connectivity index (χ2n) is 8.29. The van der Waals surface area contributed by atoms with E-state index < -0.39 is 53.8 Å². The summed E-state index contributed by atoms with van der Waals surface area (Å²) in [6, 6.07) is 4.18. The number of aromatic amines is 1. The average molecular weight is 502 g/mol. The molecule has 0 saturated heterocycles. The summed E-state index contributed by atoms with van der Waals surface area (Å²) in [5.41, 5.74) is 12.0. The van der Waals surface area contributed by atoms with E-state index in [0.29, 0.717) is 11.3 Å². The van der Waals surface area contributed by atoms with Crippen molar-refractivity contribution in [1.29, 1.82) is 0 Å². The maximum Gasteiger partial charge on any atom is 0.326 e. The number of aliphatic carboxylic acids is 1. The zero-order chi connectivity index (χ0) is 26.7. The van der Waals surface area contributed by atoms with Gasteiger partial charge in [0.15, 0.2) is 0 Å². The molecule has 194 valence electrons. The maximum atomic E-state index is 13.1. The third kappa shape index (κ3) is 9.18. The third-order valence-electron chi connectivity index (χ3n) is 5.24. The first-order valence-corrected chi connectivity index (χ1v) is 11.3. The molecule has 2 rings (SSSR count). The number of imidazole rings is 1. The average Bonchev–Trinajstić information content (AvgIpc) is 3.34. The highest BCUT2D eigenvalue weighted by Gasteiger charge is 2.30. The van der Waals surface area contributed by atoms with Crippen molar-refractivity contribution in [2.45, 2.75) is 56.8 Å². The topological polar surface area (TPSA) is 222 Å². The molecule has 0 fully saturated rings. The summed E-state index contributed by atoms with van der Waals surface area (Å²) in [7, 11) is 0. The molecule has 0 bridgehead atoms. The molecule has 0 aliphatic heterocycles. The van der Waals surface area contributed by atoms with E-state index in [0.717, 1.165) is 0 Å². The van der Waals surface area contributed by atoms with Gasteiger partial charge in [-0.2, -0.15) is 0 Å². The molecule has 2 aromatic rings. The molecule has 1 aromatic heterocycles. The first kappa shape index (κ1) is 28.0. The van der Waals surface area contributed by atoms with Gasteiger partial charge in [-0.15, -0.1) is 0 Å². The number of hydrogen-bond acceptors (Lipinski definition) is 7. The number of amides is 4. The van der Waals surface area contributed by atoms with Gasteiger partial charge in [0.25, 0.3) is 0 Å². The maximum absolute atomic E-state index is 13.1. The molecule has 0 aliphatic rings. The van der Waals surface area contributed by atoms with E-state index in [4.69, 9.17) is 11.5 Å². The molecule has 4 amide bonds. The smallest absolute Gasteiger partial charge is 0.326 e. The Balaban J connectivity index is 2.23. The molecule has 0 spiro atoms. The van der Waals surface area contributed by atoms with Crippen LogP contribution < -0.4 is 27.4 Å². The SMILES string of the molecule is CC(N)C(=O)NC(CCC(N)=O)C(=O)NC(Cc1ccccc1)C(=O)NC(Cc1cnc[nH]1)C(=O)O. The highest BCUT2D eigenvalue weighted by Crippen LogP contribution is 2.07. The molecule has 4 unspecified atom stereocenters. The van der Waals surface area contributed by atoms with Crippen LogP contribution in [0.4, 0.5) is 0 Å². The summed E-state index contributed by atoms with van der Waals surface area (Å²) in [6.45, 7) is 1.43. The van der Waals surface area contributed by atoms with Crippen molar-refractivity contribution in [3.05, 3.63) is 54.1 Å². The number of carboxylic acid groups (broad SMARTS) is 1. The molecule has 0 aliphatic carbocycles. The molecule has 4 atom stereocenters. The van der Waals surface area contributed by atoms with E-state index in [1.807, 2.05) is 0 Å². The minimum absolute atomic E-state index is 0.0403. The predicted molar refractivity (Wildman–Crippen MR) is 128 cm³/mol. The van der Waals surface area contributed by atoms with E-state index in [1.54, 1.807) is 30.3 Å². The Hall–Kier alpha value is -4.26. The van der Waals surface area contributed by atoms with Gasteiger partial charge >= 0.3 is 5.97 Å². The monoisotopic (exact) mass is 501 g/mol. The number of nitrogens with one attached hydrogen (secondary N) is 4. The number of carbonyl (C=O) groups excluding carboxylic acids is 4.